The van der Waals surface area contributed by atoms with Crippen LogP contribution >= 0.6 is 11.6 Å². The minimum atomic E-state index is -0.935. The van der Waals surface area contributed by atoms with Crippen LogP contribution in [0.2, 0.25) is 5.02 Å². The summed E-state index contributed by atoms with van der Waals surface area (Å²) in [5.41, 5.74) is 6.61. The van der Waals surface area contributed by atoms with Crippen LogP contribution in [0.25, 0.3) is 0 Å². The zero-order valence-corrected chi connectivity index (χ0v) is 23.6. The number of nitrogen functional groups attached to an aromatic ring is 1. The standard InChI is InChI=1S/C29H35ClN4O6/c1-29(2,3)24(33-25(36)18-11-12-20(31)19(30)14-18)27(38)34-13-7-10-22(34)26(37)32-21-15-23(35)40-28(21)39-16-17-8-5-4-6-9-17/h4-6,8-9,11-12,14,21-22,24,28H,7,10,13,15-16,31H2,1-3H3,(H,32,37)(H,33,36)/t21?,22?,24-,28?/m1/s1. The fourth-order valence-corrected chi connectivity index (χ4v) is 5.02. The van der Waals surface area contributed by atoms with Crippen LogP contribution in [-0.2, 0) is 30.5 Å². The first-order valence-corrected chi connectivity index (χ1v) is 13.6. The molecule has 2 heterocycles. The maximum atomic E-state index is 13.8. The molecule has 0 bridgehead atoms. The molecule has 10 nitrogen and oxygen atoms in total. The molecule has 2 fully saturated rings. The molecule has 0 radical (unpaired) electrons. The number of amides is 3. The first kappa shape index (κ1) is 29.4. The summed E-state index contributed by atoms with van der Waals surface area (Å²) in [6.45, 7) is 6.10. The number of hydrogen-bond donors (Lipinski definition) is 3. The fourth-order valence-electron chi connectivity index (χ4n) is 4.84. The normalized spacial score (nSPS) is 21.6. The lowest BCUT2D eigenvalue weighted by Crippen LogP contribution is -2.58. The van der Waals surface area contributed by atoms with E-state index < -0.39 is 47.6 Å². The maximum Gasteiger partial charge on any atom is 0.310 e. The largest absolute Gasteiger partial charge is 0.433 e. The Bertz CT molecular complexity index is 1260. The molecule has 4 N–H and O–H groups in total. The number of hydrogen-bond acceptors (Lipinski definition) is 7. The van der Waals surface area contributed by atoms with Crippen molar-refractivity contribution in [2.45, 2.75) is 71.1 Å². The summed E-state index contributed by atoms with van der Waals surface area (Å²) in [5, 5.41) is 5.93. The Kier molecular flexibility index (Phi) is 9.00. The second kappa shape index (κ2) is 12.3. The summed E-state index contributed by atoms with van der Waals surface area (Å²) in [5.74, 6) is -1.71. The molecule has 0 saturated carbocycles. The number of benzene rings is 2. The average molecular weight is 571 g/mol. The number of nitrogens with two attached hydrogens (primary N) is 1. The Hall–Kier alpha value is -3.63. The molecule has 0 spiro atoms. The van der Waals surface area contributed by atoms with Crippen LogP contribution in [0.1, 0.15) is 56.0 Å². The first-order chi connectivity index (χ1) is 18.9. The van der Waals surface area contributed by atoms with Gasteiger partial charge in [-0.25, -0.2) is 0 Å². The molecule has 3 amide bonds. The van der Waals surface area contributed by atoms with Crippen LogP contribution in [0.15, 0.2) is 48.5 Å². The molecule has 40 heavy (non-hydrogen) atoms. The van der Waals surface area contributed by atoms with Crippen molar-refractivity contribution in [1.82, 2.24) is 15.5 Å². The summed E-state index contributed by atoms with van der Waals surface area (Å²) < 4.78 is 11.1. The van der Waals surface area contributed by atoms with Crippen LogP contribution in [-0.4, -0.2) is 59.6 Å². The highest BCUT2D eigenvalue weighted by molar-refractivity contribution is 6.33. The van der Waals surface area contributed by atoms with E-state index in [9.17, 15) is 19.2 Å². The molecule has 0 aliphatic carbocycles. The number of halogens is 1. The van der Waals surface area contributed by atoms with Crippen LogP contribution in [0.5, 0.6) is 0 Å². The van der Waals surface area contributed by atoms with Gasteiger partial charge in [-0.05, 0) is 42.0 Å². The third-order valence-electron chi connectivity index (χ3n) is 7.04. The second-order valence-corrected chi connectivity index (χ2v) is 11.6. The average Bonchev–Trinajstić information content (AvgIpc) is 3.53. The van der Waals surface area contributed by atoms with E-state index in [2.05, 4.69) is 10.6 Å². The Balaban J connectivity index is 1.43. The zero-order chi connectivity index (χ0) is 29.0. The minimum Gasteiger partial charge on any atom is -0.433 e. The molecule has 2 aliphatic rings. The number of likely N-dealkylation sites (tertiary alicyclic amines) is 1. The minimum absolute atomic E-state index is 0.0311. The number of carbonyl (C=O) groups excluding carboxylic acids is 4. The Labute approximate surface area is 238 Å². The lowest BCUT2D eigenvalue weighted by atomic mass is 9.85. The number of anilines is 1. The van der Waals surface area contributed by atoms with Crippen molar-refractivity contribution >= 4 is 41.0 Å². The summed E-state index contributed by atoms with van der Waals surface area (Å²) in [7, 11) is 0. The van der Waals surface area contributed by atoms with Crippen LogP contribution in [0, 0.1) is 5.41 Å². The molecule has 4 atom stereocenters. The molecule has 2 aliphatic heterocycles. The molecular formula is C29H35ClN4O6. The highest BCUT2D eigenvalue weighted by Gasteiger charge is 2.44. The number of esters is 1. The predicted octanol–water partition coefficient (Wildman–Crippen LogP) is 3.03. The smallest absolute Gasteiger partial charge is 0.310 e. The number of nitrogens with zero attached hydrogens (tertiary/aromatic N) is 1. The highest BCUT2D eigenvalue weighted by Crippen LogP contribution is 2.28. The molecule has 11 heteroatoms. The van der Waals surface area contributed by atoms with E-state index in [1.807, 2.05) is 51.1 Å². The van der Waals surface area contributed by atoms with E-state index in [0.717, 1.165) is 5.56 Å². The van der Waals surface area contributed by atoms with Gasteiger partial charge < -0.3 is 30.7 Å². The van der Waals surface area contributed by atoms with E-state index in [4.69, 9.17) is 26.8 Å². The monoisotopic (exact) mass is 570 g/mol. The second-order valence-electron chi connectivity index (χ2n) is 11.2. The quantitative estimate of drug-likeness (QED) is 0.327. The first-order valence-electron chi connectivity index (χ1n) is 13.3. The van der Waals surface area contributed by atoms with Gasteiger partial charge in [0.05, 0.1) is 23.7 Å². The van der Waals surface area contributed by atoms with E-state index in [-0.39, 0.29) is 29.5 Å². The van der Waals surface area contributed by atoms with Crippen molar-refractivity contribution in [1.29, 1.82) is 0 Å². The van der Waals surface area contributed by atoms with E-state index in [0.29, 0.717) is 25.1 Å². The third-order valence-corrected chi connectivity index (χ3v) is 7.36. The molecular weight excluding hydrogens is 536 g/mol. The summed E-state index contributed by atoms with van der Waals surface area (Å²) in [6, 6.07) is 11.6. The molecule has 0 aromatic heterocycles. The SMILES string of the molecule is CC(C)(C)[C@H](NC(=O)c1ccc(N)c(Cl)c1)C(=O)N1CCCC1C(=O)NC1CC(=O)OC1OCc1ccccc1. The van der Waals surface area contributed by atoms with E-state index in [1.165, 1.54) is 23.1 Å². The van der Waals surface area contributed by atoms with Crippen LogP contribution < -0.4 is 16.4 Å². The van der Waals surface area contributed by atoms with Crippen molar-refractivity contribution in [2.24, 2.45) is 5.41 Å². The van der Waals surface area contributed by atoms with Crippen molar-refractivity contribution in [3.05, 3.63) is 64.7 Å². The van der Waals surface area contributed by atoms with Crippen molar-refractivity contribution in [2.75, 3.05) is 12.3 Å². The highest BCUT2D eigenvalue weighted by atomic mass is 35.5. The zero-order valence-electron chi connectivity index (χ0n) is 22.8. The molecule has 2 saturated heterocycles. The maximum absolute atomic E-state index is 13.8. The number of carbonyl (C=O) groups is 4. The van der Waals surface area contributed by atoms with Crippen molar-refractivity contribution in [3.8, 4) is 0 Å². The van der Waals surface area contributed by atoms with Crippen molar-refractivity contribution < 1.29 is 28.7 Å². The number of nitrogens with one attached hydrogen (secondary N) is 2. The third kappa shape index (κ3) is 6.92. The van der Waals surface area contributed by atoms with Crippen molar-refractivity contribution in [3.63, 3.8) is 0 Å². The Morgan fingerprint density at radius 1 is 1.18 bits per heavy atom. The van der Waals surface area contributed by atoms with Gasteiger partial charge in [-0.3, -0.25) is 19.2 Å². The van der Waals surface area contributed by atoms with E-state index >= 15 is 0 Å². The lowest BCUT2D eigenvalue weighted by molar-refractivity contribution is -0.168. The molecule has 2 aromatic carbocycles. The lowest BCUT2D eigenvalue weighted by Gasteiger charge is -2.35. The summed E-state index contributed by atoms with van der Waals surface area (Å²) >= 11 is 6.08. The van der Waals surface area contributed by atoms with E-state index in [1.54, 1.807) is 0 Å². The fraction of sp³-hybridized carbons (Fsp3) is 0.448. The van der Waals surface area contributed by atoms with Gasteiger partial charge in [-0.1, -0.05) is 62.7 Å². The Morgan fingerprint density at radius 2 is 1.90 bits per heavy atom. The van der Waals surface area contributed by atoms with Crippen LogP contribution in [0.3, 0.4) is 0 Å². The molecule has 4 rings (SSSR count). The summed E-state index contributed by atoms with van der Waals surface area (Å²) in [4.78, 5) is 53.8. The number of cyclic esters (lactones) is 1. The Morgan fingerprint density at radius 3 is 2.58 bits per heavy atom. The van der Waals surface area contributed by atoms with Gasteiger partial charge in [0, 0.05) is 12.1 Å². The van der Waals surface area contributed by atoms with Crippen LogP contribution in [0.4, 0.5) is 5.69 Å². The predicted molar refractivity (Wildman–Crippen MR) is 149 cm³/mol. The topological polar surface area (TPSA) is 140 Å². The van der Waals surface area contributed by atoms with Gasteiger partial charge in [0.2, 0.25) is 18.1 Å². The molecule has 2 aromatic rings. The van der Waals surface area contributed by atoms with Gasteiger partial charge in [0.15, 0.2) is 0 Å². The van der Waals surface area contributed by atoms with Gasteiger partial charge in [-0.2, -0.15) is 0 Å². The number of ether oxygens (including phenoxy) is 2. The number of rotatable bonds is 8. The van der Waals surface area contributed by atoms with Gasteiger partial charge >= 0.3 is 5.97 Å². The van der Waals surface area contributed by atoms with Gasteiger partial charge in [0.1, 0.15) is 18.1 Å². The van der Waals surface area contributed by atoms with Gasteiger partial charge in [0.25, 0.3) is 5.91 Å². The summed E-state index contributed by atoms with van der Waals surface area (Å²) in [6.07, 6.45) is 0.107. The van der Waals surface area contributed by atoms with Gasteiger partial charge in [-0.15, -0.1) is 0 Å². The molecule has 214 valence electrons. The molecule has 3 unspecified atom stereocenters.